The summed E-state index contributed by atoms with van der Waals surface area (Å²) in [4.78, 5) is 16.3. The second-order valence-corrected chi connectivity index (χ2v) is 5.76. The average Bonchev–Trinajstić information content (AvgIpc) is 3.40. The molecule has 0 aliphatic carbocycles. The molecule has 5 nitrogen and oxygen atoms in total. The van der Waals surface area contributed by atoms with Crippen LogP contribution in [0.2, 0.25) is 0 Å². The molecular formula is C19H18N4O. The van der Waals surface area contributed by atoms with Crippen LogP contribution >= 0.6 is 0 Å². The van der Waals surface area contributed by atoms with Crippen LogP contribution in [0.15, 0.2) is 59.0 Å². The third-order valence-corrected chi connectivity index (χ3v) is 3.93. The third-order valence-electron chi connectivity index (χ3n) is 3.93. The standard InChI is InChI=1S/C19H18N4O/c1-2-3-10-19(22-23-19)11-9-18(24)21-17-12-16(13-20-14-17)15-7-5-4-6-8-15/h1,4-8,12-14H,3,9-11H2,(H,21,24). The van der Waals surface area contributed by atoms with Crippen LogP contribution in [-0.4, -0.2) is 16.6 Å². The van der Waals surface area contributed by atoms with Gasteiger partial charge in [0.05, 0.1) is 11.9 Å². The number of nitrogens with one attached hydrogen (secondary N) is 1. The molecule has 24 heavy (non-hydrogen) atoms. The number of amides is 1. The van der Waals surface area contributed by atoms with E-state index in [4.69, 9.17) is 6.42 Å². The second-order valence-electron chi connectivity index (χ2n) is 5.76. The second kappa shape index (κ2) is 7.05. The van der Waals surface area contributed by atoms with E-state index in [1.807, 2.05) is 36.4 Å². The molecule has 2 aromatic rings. The monoisotopic (exact) mass is 318 g/mol. The summed E-state index contributed by atoms with van der Waals surface area (Å²) in [5.74, 6) is 2.51. The third kappa shape index (κ3) is 4.05. The molecule has 1 amide bonds. The molecule has 0 spiro atoms. The van der Waals surface area contributed by atoms with Crippen molar-refractivity contribution in [2.24, 2.45) is 10.2 Å². The lowest BCUT2D eigenvalue weighted by molar-refractivity contribution is -0.116. The summed E-state index contributed by atoms with van der Waals surface area (Å²) >= 11 is 0. The summed E-state index contributed by atoms with van der Waals surface area (Å²) in [5, 5.41) is 11.0. The molecule has 5 heteroatoms. The predicted molar refractivity (Wildman–Crippen MR) is 93.2 cm³/mol. The SMILES string of the molecule is C#CCCC1(CCC(=O)Nc2cncc(-c3ccccc3)c2)N=N1. The highest BCUT2D eigenvalue weighted by Gasteiger charge is 2.39. The van der Waals surface area contributed by atoms with Crippen molar-refractivity contribution < 1.29 is 4.79 Å². The number of carbonyl (C=O) groups excluding carboxylic acids is 1. The highest BCUT2D eigenvalue weighted by molar-refractivity contribution is 5.91. The zero-order chi connectivity index (χ0) is 16.8. The van der Waals surface area contributed by atoms with Gasteiger partial charge in [0, 0.05) is 37.4 Å². The van der Waals surface area contributed by atoms with Crippen molar-refractivity contribution in [2.75, 3.05) is 5.32 Å². The fourth-order valence-corrected chi connectivity index (χ4v) is 2.50. The van der Waals surface area contributed by atoms with Crippen LogP contribution in [0.5, 0.6) is 0 Å². The zero-order valence-corrected chi connectivity index (χ0v) is 13.3. The van der Waals surface area contributed by atoms with Crippen LogP contribution in [0, 0.1) is 12.3 Å². The normalized spacial score (nSPS) is 14.0. The molecule has 3 rings (SSSR count). The summed E-state index contributed by atoms with van der Waals surface area (Å²) in [5.41, 5.74) is 2.29. The fourth-order valence-electron chi connectivity index (χ4n) is 2.50. The van der Waals surface area contributed by atoms with Crippen molar-refractivity contribution >= 4 is 11.6 Å². The summed E-state index contributed by atoms with van der Waals surface area (Å²) in [6.07, 6.45) is 11.0. The number of anilines is 1. The van der Waals surface area contributed by atoms with E-state index in [2.05, 4.69) is 26.4 Å². The molecule has 0 fully saturated rings. The molecule has 0 radical (unpaired) electrons. The number of aromatic nitrogens is 1. The van der Waals surface area contributed by atoms with E-state index in [0.29, 0.717) is 31.4 Å². The van der Waals surface area contributed by atoms with Crippen molar-refractivity contribution in [3.05, 3.63) is 48.8 Å². The van der Waals surface area contributed by atoms with Gasteiger partial charge in [0.1, 0.15) is 0 Å². The molecular weight excluding hydrogens is 300 g/mol. The summed E-state index contributed by atoms with van der Waals surface area (Å²) < 4.78 is 0. The lowest BCUT2D eigenvalue weighted by Crippen LogP contribution is -2.17. The molecule has 1 aromatic carbocycles. The van der Waals surface area contributed by atoms with Crippen LogP contribution in [0.1, 0.15) is 25.7 Å². The Morgan fingerprint density at radius 3 is 2.62 bits per heavy atom. The van der Waals surface area contributed by atoms with E-state index < -0.39 is 5.66 Å². The molecule has 1 N–H and O–H groups in total. The first-order valence-electron chi connectivity index (χ1n) is 7.89. The Bertz CT molecular complexity index is 787. The fraction of sp³-hybridized carbons (Fsp3) is 0.263. The molecule has 2 heterocycles. The molecule has 0 bridgehead atoms. The molecule has 0 saturated carbocycles. The van der Waals surface area contributed by atoms with Crippen LogP contribution in [0.4, 0.5) is 5.69 Å². The highest BCUT2D eigenvalue weighted by atomic mass is 16.1. The molecule has 0 saturated heterocycles. The Morgan fingerprint density at radius 1 is 1.12 bits per heavy atom. The predicted octanol–water partition coefficient (Wildman–Crippen LogP) is 4.04. The Kier molecular flexibility index (Phi) is 4.66. The maximum atomic E-state index is 12.1. The van der Waals surface area contributed by atoms with E-state index in [1.54, 1.807) is 12.4 Å². The summed E-state index contributed by atoms with van der Waals surface area (Å²) in [7, 11) is 0. The van der Waals surface area contributed by atoms with Crippen LogP contribution in [0.25, 0.3) is 11.1 Å². The van der Waals surface area contributed by atoms with Crippen LogP contribution < -0.4 is 5.32 Å². The number of hydrogen-bond acceptors (Lipinski definition) is 4. The summed E-state index contributed by atoms with van der Waals surface area (Å²) in [6.45, 7) is 0. The number of benzene rings is 1. The lowest BCUT2D eigenvalue weighted by Gasteiger charge is -2.10. The number of nitrogens with zero attached hydrogens (tertiary/aromatic N) is 3. The van der Waals surface area contributed by atoms with Crippen molar-refractivity contribution in [2.45, 2.75) is 31.3 Å². The van der Waals surface area contributed by atoms with Gasteiger partial charge in [0.2, 0.25) is 5.91 Å². The zero-order valence-electron chi connectivity index (χ0n) is 13.3. The number of hydrogen-bond donors (Lipinski definition) is 1. The quantitative estimate of drug-likeness (QED) is 0.783. The molecule has 1 aromatic heterocycles. The maximum absolute atomic E-state index is 12.1. The Balaban J connectivity index is 1.56. The maximum Gasteiger partial charge on any atom is 0.224 e. The molecule has 1 aliphatic heterocycles. The van der Waals surface area contributed by atoms with Gasteiger partial charge in [0.25, 0.3) is 0 Å². The molecule has 1 aliphatic rings. The van der Waals surface area contributed by atoms with Gasteiger partial charge < -0.3 is 5.32 Å². The topological polar surface area (TPSA) is 66.7 Å². The number of rotatable bonds is 7. The Labute approximate surface area is 141 Å². The molecule has 120 valence electrons. The minimum Gasteiger partial charge on any atom is -0.325 e. The van der Waals surface area contributed by atoms with Gasteiger partial charge >= 0.3 is 0 Å². The minimum atomic E-state index is -0.423. The molecule has 0 atom stereocenters. The van der Waals surface area contributed by atoms with Gasteiger partial charge in [-0.1, -0.05) is 30.3 Å². The first kappa shape index (κ1) is 15.9. The van der Waals surface area contributed by atoms with E-state index in [-0.39, 0.29) is 5.91 Å². The first-order valence-corrected chi connectivity index (χ1v) is 7.89. The van der Waals surface area contributed by atoms with Crippen molar-refractivity contribution in [1.82, 2.24) is 4.98 Å². The van der Waals surface area contributed by atoms with E-state index >= 15 is 0 Å². The highest BCUT2D eigenvalue weighted by Crippen LogP contribution is 2.37. The largest absolute Gasteiger partial charge is 0.325 e. The number of pyridine rings is 1. The lowest BCUT2D eigenvalue weighted by atomic mass is 10.0. The van der Waals surface area contributed by atoms with Crippen LogP contribution in [0.3, 0.4) is 0 Å². The van der Waals surface area contributed by atoms with Gasteiger partial charge in [-0.05, 0) is 11.6 Å². The number of carbonyl (C=O) groups is 1. The van der Waals surface area contributed by atoms with Gasteiger partial charge in [-0.2, -0.15) is 10.2 Å². The van der Waals surface area contributed by atoms with Crippen LogP contribution in [-0.2, 0) is 4.79 Å². The van der Waals surface area contributed by atoms with Crippen molar-refractivity contribution in [1.29, 1.82) is 0 Å². The van der Waals surface area contributed by atoms with E-state index in [0.717, 1.165) is 11.1 Å². The smallest absolute Gasteiger partial charge is 0.224 e. The van der Waals surface area contributed by atoms with Gasteiger partial charge in [-0.25, -0.2) is 0 Å². The van der Waals surface area contributed by atoms with Gasteiger partial charge in [-0.15, -0.1) is 12.3 Å². The number of terminal acetylenes is 1. The van der Waals surface area contributed by atoms with Gasteiger partial charge in [0.15, 0.2) is 5.66 Å². The summed E-state index contributed by atoms with van der Waals surface area (Å²) in [6, 6.07) is 11.8. The van der Waals surface area contributed by atoms with E-state index in [9.17, 15) is 4.79 Å². The van der Waals surface area contributed by atoms with Crippen molar-refractivity contribution in [3.8, 4) is 23.5 Å². The molecule has 0 unspecified atom stereocenters. The van der Waals surface area contributed by atoms with E-state index in [1.165, 1.54) is 0 Å². The first-order chi connectivity index (χ1) is 11.7. The van der Waals surface area contributed by atoms with Gasteiger partial charge in [-0.3, -0.25) is 9.78 Å². The average molecular weight is 318 g/mol. The Hall–Kier alpha value is -3.00. The minimum absolute atomic E-state index is 0.0700. The Morgan fingerprint density at radius 2 is 1.92 bits per heavy atom. The van der Waals surface area contributed by atoms with Crippen molar-refractivity contribution in [3.63, 3.8) is 0 Å².